The summed E-state index contributed by atoms with van der Waals surface area (Å²) in [5.41, 5.74) is 2.90. The number of halogens is 1. The summed E-state index contributed by atoms with van der Waals surface area (Å²) in [6.45, 7) is 0.483. The highest BCUT2D eigenvalue weighted by atomic mass is 79.9. The maximum atomic E-state index is 12.2. The number of phenolic OH excluding ortho intramolecular Hbond substituents is 1. The van der Waals surface area contributed by atoms with Crippen LogP contribution in [0.15, 0.2) is 58.2 Å². The van der Waals surface area contributed by atoms with E-state index >= 15 is 0 Å². The number of aromatic hydroxyl groups is 1. The molecule has 0 saturated heterocycles. The highest BCUT2D eigenvalue weighted by molar-refractivity contribution is 9.10. The lowest BCUT2D eigenvalue weighted by Crippen LogP contribution is -2.18. The summed E-state index contributed by atoms with van der Waals surface area (Å²) in [4.78, 5) is 22.5. The number of nitro groups is 1. The molecule has 0 aliphatic heterocycles. The number of nitrogens with zero attached hydrogens (tertiary/aromatic N) is 4. The van der Waals surface area contributed by atoms with Crippen molar-refractivity contribution in [3.63, 3.8) is 0 Å². The minimum atomic E-state index is -0.744. The van der Waals surface area contributed by atoms with Crippen LogP contribution < -0.4 is 10.2 Å². The van der Waals surface area contributed by atoms with E-state index in [-0.39, 0.29) is 17.0 Å². The molecule has 154 valence electrons. The Morgan fingerprint density at radius 2 is 2.20 bits per heavy atom. The van der Waals surface area contributed by atoms with Crippen LogP contribution >= 0.6 is 15.9 Å². The number of nitro benzene ring substituents is 1. The van der Waals surface area contributed by atoms with Crippen molar-refractivity contribution in [1.82, 2.24) is 15.2 Å². The van der Waals surface area contributed by atoms with E-state index in [1.807, 2.05) is 24.3 Å². The highest BCUT2D eigenvalue weighted by Gasteiger charge is 2.19. The minimum Gasteiger partial charge on any atom is -0.502 e. The number of ether oxygens (including phenoxy) is 1. The van der Waals surface area contributed by atoms with Crippen LogP contribution in [-0.2, 0) is 6.54 Å². The SMILES string of the molecule is COc1cc(C=NNC(=O)c2ccn(Cc3cccc(Br)c3)n2)c(O)c([N+](=O)[O-])c1. The second kappa shape index (κ2) is 9.18. The zero-order valence-electron chi connectivity index (χ0n) is 15.7. The van der Waals surface area contributed by atoms with Crippen molar-refractivity contribution >= 4 is 33.7 Å². The quantitative estimate of drug-likeness (QED) is 0.307. The fourth-order valence-corrected chi connectivity index (χ4v) is 3.03. The Balaban J connectivity index is 1.69. The van der Waals surface area contributed by atoms with Crippen LogP contribution in [0.2, 0.25) is 0 Å². The van der Waals surface area contributed by atoms with Gasteiger partial charge in [-0.1, -0.05) is 28.1 Å². The molecule has 0 atom stereocenters. The molecule has 30 heavy (non-hydrogen) atoms. The number of benzene rings is 2. The zero-order valence-corrected chi connectivity index (χ0v) is 17.2. The van der Waals surface area contributed by atoms with Gasteiger partial charge in [-0.3, -0.25) is 19.6 Å². The summed E-state index contributed by atoms with van der Waals surface area (Å²) in [5.74, 6) is -0.994. The summed E-state index contributed by atoms with van der Waals surface area (Å²) in [6, 6.07) is 11.7. The molecule has 0 aliphatic rings. The Labute approximate surface area is 179 Å². The van der Waals surface area contributed by atoms with Gasteiger partial charge in [-0.2, -0.15) is 10.2 Å². The Bertz CT molecular complexity index is 1130. The lowest BCUT2D eigenvalue weighted by molar-refractivity contribution is -0.385. The fraction of sp³-hybridized carbons (Fsp3) is 0.105. The van der Waals surface area contributed by atoms with Crippen LogP contribution in [0.4, 0.5) is 5.69 Å². The number of methoxy groups -OCH3 is 1. The molecule has 3 aromatic rings. The Morgan fingerprint density at radius 3 is 2.90 bits per heavy atom. The Hall–Kier alpha value is -3.73. The van der Waals surface area contributed by atoms with Crippen molar-refractivity contribution in [3.8, 4) is 11.5 Å². The number of rotatable bonds is 7. The number of aromatic nitrogens is 2. The van der Waals surface area contributed by atoms with E-state index in [0.717, 1.165) is 22.3 Å². The van der Waals surface area contributed by atoms with Gasteiger partial charge >= 0.3 is 5.69 Å². The van der Waals surface area contributed by atoms with Gasteiger partial charge in [0.15, 0.2) is 5.69 Å². The van der Waals surface area contributed by atoms with Crippen LogP contribution in [-0.4, -0.2) is 39.0 Å². The molecule has 0 unspecified atom stereocenters. The van der Waals surface area contributed by atoms with Crippen molar-refractivity contribution in [2.24, 2.45) is 5.10 Å². The van der Waals surface area contributed by atoms with Crippen molar-refractivity contribution in [1.29, 1.82) is 0 Å². The van der Waals surface area contributed by atoms with Crippen molar-refractivity contribution in [2.75, 3.05) is 7.11 Å². The van der Waals surface area contributed by atoms with Crippen molar-refractivity contribution < 1.29 is 19.6 Å². The summed E-state index contributed by atoms with van der Waals surface area (Å²) in [5, 5.41) is 29.0. The molecular weight excluding hydrogens is 458 g/mol. The van der Waals surface area contributed by atoms with Crippen molar-refractivity contribution in [2.45, 2.75) is 6.54 Å². The van der Waals surface area contributed by atoms with Gasteiger partial charge in [0.25, 0.3) is 5.91 Å². The first kappa shape index (κ1) is 21.0. The second-order valence-corrected chi connectivity index (χ2v) is 6.98. The highest BCUT2D eigenvalue weighted by Crippen LogP contribution is 2.33. The van der Waals surface area contributed by atoms with Gasteiger partial charge in [0.2, 0.25) is 5.75 Å². The average Bonchev–Trinajstić information content (AvgIpc) is 3.17. The van der Waals surface area contributed by atoms with E-state index < -0.39 is 22.3 Å². The maximum Gasteiger partial charge on any atom is 0.315 e. The number of phenols is 1. The first-order valence-electron chi connectivity index (χ1n) is 8.54. The summed E-state index contributed by atoms with van der Waals surface area (Å²) in [6.07, 6.45) is 2.75. The van der Waals surface area contributed by atoms with Crippen LogP contribution in [0.1, 0.15) is 21.6 Å². The third-order valence-electron chi connectivity index (χ3n) is 4.00. The zero-order chi connectivity index (χ0) is 21.7. The average molecular weight is 474 g/mol. The second-order valence-electron chi connectivity index (χ2n) is 6.07. The Kier molecular flexibility index (Phi) is 6.42. The maximum absolute atomic E-state index is 12.2. The third-order valence-corrected chi connectivity index (χ3v) is 4.50. The number of nitrogens with one attached hydrogen (secondary N) is 1. The molecule has 0 bridgehead atoms. The van der Waals surface area contributed by atoms with Gasteiger partial charge in [0.05, 0.1) is 30.9 Å². The van der Waals surface area contributed by atoms with E-state index in [0.29, 0.717) is 6.54 Å². The number of amides is 1. The Morgan fingerprint density at radius 1 is 1.40 bits per heavy atom. The molecule has 1 amide bonds. The molecule has 1 aromatic heterocycles. The third kappa shape index (κ3) is 5.00. The minimum absolute atomic E-state index is 0.0153. The number of hydrogen-bond donors (Lipinski definition) is 2. The van der Waals surface area contributed by atoms with Gasteiger partial charge in [-0.25, -0.2) is 5.43 Å². The lowest BCUT2D eigenvalue weighted by Gasteiger charge is -2.04. The van der Waals surface area contributed by atoms with Gasteiger partial charge in [0, 0.05) is 16.2 Å². The standard InChI is InChI=1S/C19H16BrN5O5/c1-30-15-8-13(18(26)17(9-15)25(28)29)10-21-22-19(27)16-5-6-24(23-16)11-12-3-2-4-14(20)7-12/h2-10,26H,11H2,1H3,(H,22,27). The van der Waals surface area contributed by atoms with Gasteiger partial charge in [-0.15, -0.1) is 0 Å². The molecule has 0 radical (unpaired) electrons. The largest absolute Gasteiger partial charge is 0.502 e. The number of hydrogen-bond acceptors (Lipinski definition) is 7. The fourth-order valence-electron chi connectivity index (χ4n) is 2.58. The molecule has 10 nitrogen and oxygen atoms in total. The van der Waals surface area contributed by atoms with E-state index in [2.05, 4.69) is 31.6 Å². The van der Waals surface area contributed by atoms with Crippen LogP contribution in [0, 0.1) is 10.1 Å². The topological polar surface area (TPSA) is 132 Å². The van der Waals surface area contributed by atoms with Gasteiger partial charge in [-0.05, 0) is 29.8 Å². The van der Waals surface area contributed by atoms with Crippen LogP contribution in [0.3, 0.4) is 0 Å². The van der Waals surface area contributed by atoms with E-state index in [4.69, 9.17) is 4.74 Å². The molecule has 2 N–H and O–H groups in total. The molecule has 1 heterocycles. The molecule has 11 heteroatoms. The van der Waals surface area contributed by atoms with E-state index in [1.165, 1.54) is 19.2 Å². The summed E-state index contributed by atoms with van der Waals surface area (Å²) < 4.78 is 7.53. The summed E-state index contributed by atoms with van der Waals surface area (Å²) >= 11 is 3.41. The first-order valence-corrected chi connectivity index (χ1v) is 9.33. The number of carbonyl (C=O) groups excluding carboxylic acids is 1. The van der Waals surface area contributed by atoms with Crippen LogP contribution in [0.25, 0.3) is 0 Å². The molecule has 0 saturated carbocycles. The smallest absolute Gasteiger partial charge is 0.315 e. The molecule has 2 aromatic carbocycles. The molecule has 3 rings (SSSR count). The predicted molar refractivity (Wildman–Crippen MR) is 112 cm³/mol. The van der Waals surface area contributed by atoms with Gasteiger partial charge in [0.1, 0.15) is 5.75 Å². The number of hydrazone groups is 1. The predicted octanol–water partition coefficient (Wildman–Crippen LogP) is 3.08. The van der Waals surface area contributed by atoms with Crippen molar-refractivity contribution in [3.05, 3.63) is 80.1 Å². The van der Waals surface area contributed by atoms with E-state index in [9.17, 15) is 20.0 Å². The molecule has 0 aliphatic carbocycles. The van der Waals surface area contributed by atoms with E-state index in [1.54, 1.807) is 10.9 Å². The normalized spacial score (nSPS) is 10.9. The summed E-state index contributed by atoms with van der Waals surface area (Å²) in [7, 11) is 1.34. The lowest BCUT2D eigenvalue weighted by atomic mass is 10.1. The number of carbonyl (C=O) groups is 1. The molecule has 0 spiro atoms. The van der Waals surface area contributed by atoms with Gasteiger partial charge < -0.3 is 9.84 Å². The molecular formula is C19H16BrN5O5. The first-order chi connectivity index (χ1) is 14.4. The monoisotopic (exact) mass is 473 g/mol. The molecule has 0 fully saturated rings. The van der Waals surface area contributed by atoms with Crippen LogP contribution in [0.5, 0.6) is 11.5 Å².